The van der Waals surface area contributed by atoms with E-state index >= 15 is 0 Å². The topological polar surface area (TPSA) is 71.8 Å². The molecule has 1 aromatic heterocycles. The highest BCUT2D eigenvalue weighted by Gasteiger charge is 2.50. The lowest BCUT2D eigenvalue weighted by Crippen LogP contribution is -2.41. The van der Waals surface area contributed by atoms with Crippen LogP contribution in [0.3, 0.4) is 0 Å². The van der Waals surface area contributed by atoms with Crippen LogP contribution in [0.5, 0.6) is 5.75 Å². The van der Waals surface area contributed by atoms with Crippen molar-refractivity contribution in [2.45, 2.75) is 26.3 Å². The summed E-state index contributed by atoms with van der Waals surface area (Å²) in [4.78, 5) is 26.1. The van der Waals surface area contributed by atoms with Crippen LogP contribution in [0.2, 0.25) is 0 Å². The third-order valence-corrected chi connectivity index (χ3v) is 4.23. The molecule has 0 radical (unpaired) electrons. The molecule has 1 N–H and O–H groups in total. The fourth-order valence-corrected chi connectivity index (χ4v) is 3.02. The SMILES string of the molecule is Cc1cc(C2(C)NC(=O)N(CCOc3cccc(F)c3)C2=O)c(C)o1. The molecule has 6 nitrogen and oxygen atoms in total. The van der Waals surface area contributed by atoms with E-state index in [1.165, 1.54) is 18.2 Å². The zero-order valence-corrected chi connectivity index (χ0v) is 14.3. The quantitative estimate of drug-likeness (QED) is 0.845. The molecule has 1 atom stereocenters. The summed E-state index contributed by atoms with van der Waals surface area (Å²) in [6.45, 7) is 5.32. The van der Waals surface area contributed by atoms with Crippen molar-refractivity contribution in [2.24, 2.45) is 0 Å². The van der Waals surface area contributed by atoms with E-state index in [1.807, 2.05) is 0 Å². The molecule has 0 saturated carbocycles. The Morgan fingerprint density at radius 1 is 1.28 bits per heavy atom. The van der Waals surface area contributed by atoms with Crippen LogP contribution in [-0.4, -0.2) is 30.0 Å². The van der Waals surface area contributed by atoms with Crippen LogP contribution in [0.25, 0.3) is 0 Å². The van der Waals surface area contributed by atoms with Gasteiger partial charge in [0.1, 0.15) is 35.2 Å². The van der Waals surface area contributed by atoms with Crippen LogP contribution in [-0.2, 0) is 10.3 Å². The zero-order valence-electron chi connectivity index (χ0n) is 14.3. The highest BCUT2D eigenvalue weighted by atomic mass is 19.1. The van der Waals surface area contributed by atoms with Gasteiger partial charge in [-0.1, -0.05) is 6.07 Å². The molecule has 1 aromatic carbocycles. The lowest BCUT2D eigenvalue weighted by atomic mass is 9.92. The molecule has 1 saturated heterocycles. The molecule has 2 heterocycles. The molecule has 1 unspecified atom stereocenters. The van der Waals surface area contributed by atoms with Crippen LogP contribution >= 0.6 is 0 Å². The number of rotatable bonds is 5. The van der Waals surface area contributed by atoms with Crippen LogP contribution in [0.15, 0.2) is 34.7 Å². The molecular weight excluding hydrogens is 327 g/mol. The molecule has 3 rings (SSSR count). The summed E-state index contributed by atoms with van der Waals surface area (Å²) in [5, 5.41) is 2.72. The maximum Gasteiger partial charge on any atom is 0.325 e. The smallest absolute Gasteiger partial charge is 0.325 e. The highest BCUT2D eigenvalue weighted by molar-refractivity contribution is 6.07. The van der Waals surface area contributed by atoms with Gasteiger partial charge in [-0.05, 0) is 39.0 Å². The molecule has 1 aliphatic rings. The fraction of sp³-hybridized carbons (Fsp3) is 0.333. The second kappa shape index (κ2) is 6.23. The lowest BCUT2D eigenvalue weighted by molar-refractivity contribution is -0.131. The first-order valence-electron chi connectivity index (χ1n) is 7.91. The van der Waals surface area contributed by atoms with Crippen molar-refractivity contribution >= 4 is 11.9 Å². The summed E-state index contributed by atoms with van der Waals surface area (Å²) in [5.41, 5.74) is -0.533. The van der Waals surface area contributed by atoms with E-state index in [1.54, 1.807) is 32.9 Å². The number of ether oxygens (including phenoxy) is 1. The van der Waals surface area contributed by atoms with E-state index in [4.69, 9.17) is 9.15 Å². The Labute approximate surface area is 144 Å². The summed E-state index contributed by atoms with van der Waals surface area (Å²) in [6.07, 6.45) is 0. The minimum atomic E-state index is -1.17. The fourth-order valence-electron chi connectivity index (χ4n) is 3.02. The minimum Gasteiger partial charge on any atom is -0.492 e. The number of furan rings is 1. The number of nitrogens with one attached hydrogen (secondary N) is 1. The average molecular weight is 346 g/mol. The number of halogens is 1. The van der Waals surface area contributed by atoms with Crippen molar-refractivity contribution in [3.63, 3.8) is 0 Å². The van der Waals surface area contributed by atoms with Gasteiger partial charge < -0.3 is 14.5 Å². The number of carbonyl (C=O) groups is 2. The van der Waals surface area contributed by atoms with Gasteiger partial charge >= 0.3 is 6.03 Å². The molecular formula is C18H19FN2O4. The van der Waals surface area contributed by atoms with Gasteiger partial charge in [-0.15, -0.1) is 0 Å². The monoisotopic (exact) mass is 346 g/mol. The van der Waals surface area contributed by atoms with Gasteiger partial charge in [0.05, 0.1) is 6.54 Å². The van der Waals surface area contributed by atoms with Gasteiger partial charge in [0, 0.05) is 11.6 Å². The number of benzene rings is 1. The number of imide groups is 1. The van der Waals surface area contributed by atoms with E-state index in [0.717, 1.165) is 4.90 Å². The van der Waals surface area contributed by atoms with Crippen LogP contribution in [0, 0.1) is 19.7 Å². The number of nitrogens with zero attached hydrogens (tertiary/aromatic N) is 1. The number of urea groups is 1. The zero-order chi connectivity index (χ0) is 18.2. The third-order valence-electron chi connectivity index (χ3n) is 4.23. The van der Waals surface area contributed by atoms with Crippen molar-refractivity contribution in [1.82, 2.24) is 10.2 Å². The second-order valence-electron chi connectivity index (χ2n) is 6.14. The molecule has 3 amide bonds. The van der Waals surface area contributed by atoms with Gasteiger partial charge in [-0.2, -0.15) is 0 Å². The van der Waals surface area contributed by atoms with Crippen molar-refractivity contribution in [1.29, 1.82) is 0 Å². The average Bonchev–Trinajstić information content (AvgIpc) is 2.99. The second-order valence-corrected chi connectivity index (χ2v) is 6.14. The first-order valence-corrected chi connectivity index (χ1v) is 7.91. The highest BCUT2D eigenvalue weighted by Crippen LogP contribution is 2.32. The molecule has 0 spiro atoms. The van der Waals surface area contributed by atoms with Gasteiger partial charge in [-0.3, -0.25) is 9.69 Å². The van der Waals surface area contributed by atoms with Gasteiger partial charge in [0.15, 0.2) is 0 Å². The number of carbonyl (C=O) groups excluding carboxylic acids is 2. The van der Waals surface area contributed by atoms with E-state index in [-0.39, 0.29) is 19.1 Å². The predicted octanol–water partition coefficient (Wildman–Crippen LogP) is 2.88. The van der Waals surface area contributed by atoms with Crippen LogP contribution in [0.1, 0.15) is 24.0 Å². The third kappa shape index (κ3) is 3.09. The summed E-state index contributed by atoms with van der Waals surface area (Å²) in [6, 6.07) is 6.95. The molecule has 7 heteroatoms. The summed E-state index contributed by atoms with van der Waals surface area (Å²) in [5.74, 6) is 0.821. The number of aryl methyl sites for hydroxylation is 2. The summed E-state index contributed by atoms with van der Waals surface area (Å²) in [7, 11) is 0. The molecule has 1 fully saturated rings. The van der Waals surface area contributed by atoms with E-state index < -0.39 is 17.4 Å². The number of hydrogen-bond acceptors (Lipinski definition) is 4. The molecule has 0 bridgehead atoms. The first kappa shape index (κ1) is 17.0. The minimum absolute atomic E-state index is 0.0622. The van der Waals surface area contributed by atoms with Crippen molar-refractivity contribution in [3.05, 3.63) is 53.2 Å². The van der Waals surface area contributed by atoms with Gasteiger partial charge in [0.2, 0.25) is 0 Å². The van der Waals surface area contributed by atoms with Crippen LogP contribution in [0.4, 0.5) is 9.18 Å². The normalized spacial score (nSPS) is 20.1. The first-order chi connectivity index (χ1) is 11.8. The Kier molecular flexibility index (Phi) is 4.24. The van der Waals surface area contributed by atoms with Crippen molar-refractivity contribution in [2.75, 3.05) is 13.2 Å². The summed E-state index contributed by atoms with van der Waals surface area (Å²) >= 11 is 0. The maximum absolute atomic E-state index is 13.1. The van der Waals surface area contributed by atoms with Crippen LogP contribution < -0.4 is 10.1 Å². The Morgan fingerprint density at radius 2 is 2.04 bits per heavy atom. The van der Waals surface area contributed by atoms with Gasteiger partial charge in [-0.25, -0.2) is 9.18 Å². The Morgan fingerprint density at radius 3 is 2.68 bits per heavy atom. The molecule has 0 aliphatic carbocycles. The van der Waals surface area contributed by atoms with Crippen molar-refractivity contribution < 1.29 is 23.1 Å². The standard InChI is InChI=1S/C18H19FN2O4/c1-11-9-15(12(2)25-11)18(3)16(22)21(17(23)20-18)7-8-24-14-6-4-5-13(19)10-14/h4-6,9-10H,7-8H2,1-3H3,(H,20,23). The molecule has 132 valence electrons. The van der Waals surface area contributed by atoms with Crippen molar-refractivity contribution in [3.8, 4) is 5.75 Å². The Hall–Kier alpha value is -2.83. The Balaban J connectivity index is 1.70. The molecule has 2 aromatic rings. The summed E-state index contributed by atoms with van der Waals surface area (Å²) < 4.78 is 24.0. The largest absolute Gasteiger partial charge is 0.492 e. The van der Waals surface area contributed by atoms with Gasteiger partial charge in [0.25, 0.3) is 5.91 Å². The Bertz CT molecular complexity index is 832. The van der Waals surface area contributed by atoms with E-state index in [9.17, 15) is 14.0 Å². The van der Waals surface area contributed by atoms with E-state index in [2.05, 4.69) is 5.32 Å². The van der Waals surface area contributed by atoms with E-state index in [0.29, 0.717) is 22.8 Å². The maximum atomic E-state index is 13.1. The number of hydrogen-bond donors (Lipinski definition) is 1. The lowest BCUT2D eigenvalue weighted by Gasteiger charge is -2.21. The molecule has 1 aliphatic heterocycles. The number of amides is 3. The molecule has 25 heavy (non-hydrogen) atoms. The predicted molar refractivity (Wildman–Crippen MR) is 87.7 cm³/mol.